The van der Waals surface area contributed by atoms with E-state index >= 15 is 0 Å². The molecule has 0 saturated heterocycles. The lowest BCUT2D eigenvalue weighted by atomic mass is 10.1. The fourth-order valence-corrected chi connectivity index (χ4v) is 3.60. The molecule has 0 N–H and O–H groups in total. The number of aromatic nitrogens is 1. The number of rotatable bonds is 5. The second-order valence-electron chi connectivity index (χ2n) is 6.64. The van der Waals surface area contributed by atoms with E-state index in [-0.39, 0.29) is 11.5 Å². The summed E-state index contributed by atoms with van der Waals surface area (Å²) in [5, 5.41) is 0. The molecule has 0 unspecified atom stereocenters. The Morgan fingerprint density at radius 2 is 1.96 bits per heavy atom. The maximum Gasteiger partial charge on any atom is 0.259 e. The van der Waals surface area contributed by atoms with Crippen LogP contribution in [0.2, 0.25) is 0 Å². The minimum absolute atomic E-state index is 0.0705. The van der Waals surface area contributed by atoms with Crippen molar-refractivity contribution in [3.63, 3.8) is 0 Å². The Bertz CT molecular complexity index is 827. The van der Waals surface area contributed by atoms with Gasteiger partial charge >= 0.3 is 0 Å². The number of nitrogens with zero attached hydrogens (tertiary/aromatic N) is 2. The van der Waals surface area contributed by atoms with Gasteiger partial charge in [-0.15, -0.1) is 0 Å². The van der Waals surface area contributed by atoms with E-state index in [2.05, 4.69) is 0 Å². The standard InChI is InChI=1S/C21H26N2O3/c1-3-22(15-16-10-6-4-7-11-16)21(25)20-17-12-8-5-9-13-23(17)19(24)14-18(20)26-2/h4,6-7,10-11,14H,3,5,8-9,12-13,15H2,1-2H3. The van der Waals surface area contributed by atoms with E-state index in [9.17, 15) is 9.59 Å². The molecule has 0 spiro atoms. The van der Waals surface area contributed by atoms with E-state index in [0.29, 0.717) is 30.9 Å². The molecule has 0 radical (unpaired) electrons. The van der Waals surface area contributed by atoms with E-state index in [1.54, 1.807) is 4.57 Å². The van der Waals surface area contributed by atoms with Gasteiger partial charge in [-0.1, -0.05) is 36.8 Å². The van der Waals surface area contributed by atoms with Gasteiger partial charge in [0.15, 0.2) is 0 Å². The third kappa shape index (κ3) is 3.66. The van der Waals surface area contributed by atoms with Crippen molar-refractivity contribution in [3.05, 3.63) is 63.6 Å². The van der Waals surface area contributed by atoms with Crippen molar-refractivity contribution >= 4 is 5.91 Å². The van der Waals surface area contributed by atoms with Gasteiger partial charge in [-0.25, -0.2) is 0 Å². The van der Waals surface area contributed by atoms with Crippen molar-refractivity contribution in [3.8, 4) is 5.75 Å². The average Bonchev–Trinajstić information content (AvgIpc) is 2.92. The Balaban J connectivity index is 2.03. The van der Waals surface area contributed by atoms with Gasteiger partial charge in [-0.2, -0.15) is 0 Å². The van der Waals surface area contributed by atoms with E-state index in [0.717, 1.165) is 36.9 Å². The lowest BCUT2D eigenvalue weighted by Crippen LogP contribution is -2.34. The minimum Gasteiger partial charge on any atom is -0.496 e. The van der Waals surface area contributed by atoms with E-state index in [4.69, 9.17) is 4.74 Å². The lowest BCUT2D eigenvalue weighted by Gasteiger charge is -2.25. The SMILES string of the molecule is CCN(Cc1ccccc1)C(=O)c1c(OC)cc(=O)n2c1CCCCC2. The third-order valence-corrected chi connectivity index (χ3v) is 5.00. The van der Waals surface area contributed by atoms with Crippen molar-refractivity contribution < 1.29 is 9.53 Å². The first-order valence-corrected chi connectivity index (χ1v) is 9.29. The summed E-state index contributed by atoms with van der Waals surface area (Å²) in [5.74, 6) is 0.318. The number of carbonyl (C=O) groups excluding carboxylic acids is 1. The first kappa shape index (κ1) is 18.2. The zero-order valence-corrected chi connectivity index (χ0v) is 15.5. The van der Waals surface area contributed by atoms with Crippen LogP contribution >= 0.6 is 0 Å². The second kappa shape index (κ2) is 8.21. The zero-order valence-electron chi connectivity index (χ0n) is 15.5. The predicted octanol–water partition coefficient (Wildman–Crippen LogP) is 3.25. The van der Waals surface area contributed by atoms with Gasteiger partial charge in [0.05, 0.1) is 7.11 Å². The number of pyridine rings is 1. The van der Waals surface area contributed by atoms with Crippen LogP contribution in [0.4, 0.5) is 0 Å². The molecule has 0 saturated carbocycles. The quantitative estimate of drug-likeness (QED) is 0.828. The van der Waals surface area contributed by atoms with Gasteiger partial charge in [-0.05, 0) is 31.7 Å². The number of hydrogen-bond donors (Lipinski definition) is 0. The van der Waals surface area contributed by atoms with Crippen LogP contribution in [0.3, 0.4) is 0 Å². The maximum atomic E-state index is 13.4. The molecule has 138 valence electrons. The molecule has 5 heteroatoms. The van der Waals surface area contributed by atoms with Crippen LogP contribution in [0, 0.1) is 0 Å². The number of fused-ring (bicyclic) bond motifs is 1. The van der Waals surface area contributed by atoms with Gasteiger partial charge in [-0.3, -0.25) is 9.59 Å². The van der Waals surface area contributed by atoms with E-state index in [1.165, 1.54) is 13.2 Å². The van der Waals surface area contributed by atoms with Crippen LogP contribution in [0.5, 0.6) is 5.75 Å². The molecule has 1 aliphatic rings. The summed E-state index contributed by atoms with van der Waals surface area (Å²) >= 11 is 0. The molecular formula is C21H26N2O3. The normalized spacial score (nSPS) is 13.6. The monoisotopic (exact) mass is 354 g/mol. The number of ether oxygens (including phenoxy) is 1. The average molecular weight is 354 g/mol. The third-order valence-electron chi connectivity index (χ3n) is 5.00. The Morgan fingerprint density at radius 1 is 1.19 bits per heavy atom. The van der Waals surface area contributed by atoms with E-state index < -0.39 is 0 Å². The highest BCUT2D eigenvalue weighted by molar-refractivity contribution is 5.98. The Kier molecular flexibility index (Phi) is 5.76. The molecule has 2 heterocycles. The first-order valence-electron chi connectivity index (χ1n) is 9.29. The highest BCUT2D eigenvalue weighted by Crippen LogP contribution is 2.26. The largest absolute Gasteiger partial charge is 0.496 e. The van der Waals surface area contributed by atoms with Crippen molar-refractivity contribution in [2.75, 3.05) is 13.7 Å². The molecule has 1 aliphatic heterocycles. The summed E-state index contributed by atoms with van der Waals surface area (Å²) in [6.07, 6.45) is 3.75. The summed E-state index contributed by atoms with van der Waals surface area (Å²) in [4.78, 5) is 27.7. The lowest BCUT2D eigenvalue weighted by molar-refractivity contribution is 0.0746. The molecule has 0 aliphatic carbocycles. The summed E-state index contributed by atoms with van der Waals surface area (Å²) in [7, 11) is 1.52. The van der Waals surface area contributed by atoms with Gasteiger partial charge in [0, 0.05) is 31.4 Å². The van der Waals surface area contributed by atoms with Crippen molar-refractivity contribution in [2.24, 2.45) is 0 Å². The summed E-state index contributed by atoms with van der Waals surface area (Å²) < 4.78 is 7.20. The zero-order chi connectivity index (χ0) is 18.5. The first-order chi connectivity index (χ1) is 12.7. The van der Waals surface area contributed by atoms with Crippen molar-refractivity contribution in [1.29, 1.82) is 0 Å². The highest BCUT2D eigenvalue weighted by atomic mass is 16.5. The summed E-state index contributed by atoms with van der Waals surface area (Å²) in [5.41, 5.74) is 2.37. The van der Waals surface area contributed by atoms with Crippen LogP contribution in [0.1, 0.15) is 47.8 Å². The number of methoxy groups -OCH3 is 1. The molecule has 1 aromatic carbocycles. The molecule has 3 rings (SSSR count). The number of carbonyl (C=O) groups is 1. The molecule has 26 heavy (non-hydrogen) atoms. The summed E-state index contributed by atoms with van der Waals surface area (Å²) in [6.45, 7) is 3.78. The van der Waals surface area contributed by atoms with Gasteiger partial charge < -0.3 is 14.2 Å². The van der Waals surface area contributed by atoms with Gasteiger partial charge in [0.1, 0.15) is 11.3 Å². The second-order valence-corrected chi connectivity index (χ2v) is 6.64. The molecule has 0 fully saturated rings. The molecule has 5 nitrogen and oxygen atoms in total. The summed E-state index contributed by atoms with van der Waals surface area (Å²) in [6, 6.07) is 11.4. The Labute approximate surface area is 154 Å². The van der Waals surface area contributed by atoms with Crippen LogP contribution < -0.4 is 10.3 Å². The number of benzene rings is 1. The topological polar surface area (TPSA) is 51.5 Å². The van der Waals surface area contributed by atoms with E-state index in [1.807, 2.05) is 42.2 Å². The fraction of sp³-hybridized carbons (Fsp3) is 0.429. The van der Waals surface area contributed by atoms with Crippen LogP contribution in [0.25, 0.3) is 0 Å². The van der Waals surface area contributed by atoms with Crippen LogP contribution in [-0.2, 0) is 19.5 Å². The molecule has 2 aromatic rings. The Morgan fingerprint density at radius 3 is 2.65 bits per heavy atom. The number of hydrogen-bond acceptors (Lipinski definition) is 3. The van der Waals surface area contributed by atoms with Gasteiger partial charge in [0.2, 0.25) is 0 Å². The Hall–Kier alpha value is -2.56. The highest BCUT2D eigenvalue weighted by Gasteiger charge is 2.26. The minimum atomic E-state index is -0.0820. The molecule has 0 atom stereocenters. The molecular weight excluding hydrogens is 328 g/mol. The fourth-order valence-electron chi connectivity index (χ4n) is 3.60. The van der Waals surface area contributed by atoms with Crippen LogP contribution in [-0.4, -0.2) is 29.0 Å². The molecule has 1 amide bonds. The molecule has 0 bridgehead atoms. The van der Waals surface area contributed by atoms with Crippen LogP contribution in [0.15, 0.2) is 41.2 Å². The number of amides is 1. The molecule has 1 aromatic heterocycles. The van der Waals surface area contributed by atoms with Gasteiger partial charge in [0.25, 0.3) is 11.5 Å². The smallest absolute Gasteiger partial charge is 0.259 e. The van der Waals surface area contributed by atoms with Crippen molar-refractivity contribution in [2.45, 2.75) is 45.7 Å². The maximum absolute atomic E-state index is 13.4. The van der Waals surface area contributed by atoms with Crippen molar-refractivity contribution in [1.82, 2.24) is 9.47 Å². The predicted molar refractivity (Wildman–Crippen MR) is 102 cm³/mol.